The number of carbonyl (C=O) groups is 1. The Morgan fingerprint density at radius 2 is 2.56 bits per heavy atom. The summed E-state index contributed by atoms with van der Waals surface area (Å²) >= 11 is 4.06. The van der Waals surface area contributed by atoms with Gasteiger partial charge in [-0.3, -0.25) is 4.98 Å². The molecule has 0 N–H and O–H groups in total. The van der Waals surface area contributed by atoms with Gasteiger partial charge in [0.1, 0.15) is 6.10 Å². The van der Waals surface area contributed by atoms with Gasteiger partial charge in [0, 0.05) is 29.8 Å². The van der Waals surface area contributed by atoms with Crippen LogP contribution in [0.5, 0.6) is 0 Å². The Bertz CT molecular complexity index is 343. The van der Waals surface area contributed by atoms with Gasteiger partial charge in [0.2, 0.25) is 0 Å². The largest absolute Gasteiger partial charge is 0.454 e. The van der Waals surface area contributed by atoms with E-state index in [9.17, 15) is 4.79 Å². The van der Waals surface area contributed by atoms with E-state index in [0.29, 0.717) is 6.42 Å². The molecule has 1 atom stereocenters. The van der Waals surface area contributed by atoms with Crippen LogP contribution < -0.4 is 0 Å². The molecule has 1 aromatic heterocycles. The van der Waals surface area contributed by atoms with Gasteiger partial charge < -0.3 is 4.74 Å². The first kappa shape index (κ1) is 13.1. The fourth-order valence-electron chi connectivity index (χ4n) is 1.21. The molecule has 0 bridgehead atoms. The van der Waals surface area contributed by atoms with E-state index in [1.807, 2.05) is 12.1 Å². The topological polar surface area (TPSA) is 39.2 Å². The Kier molecular flexibility index (Phi) is 6.03. The molecule has 3 nitrogen and oxygen atoms in total. The van der Waals surface area contributed by atoms with E-state index in [1.165, 1.54) is 10.8 Å². The number of nitrogens with zero attached hydrogens (tertiary/aromatic N) is 1. The molecular formula is C11H13NO2S2. The maximum Gasteiger partial charge on any atom is 0.330 e. The van der Waals surface area contributed by atoms with Crippen molar-refractivity contribution in [2.45, 2.75) is 12.5 Å². The molecule has 0 saturated heterocycles. The lowest BCUT2D eigenvalue weighted by Gasteiger charge is -2.16. The van der Waals surface area contributed by atoms with E-state index < -0.39 is 5.97 Å². The van der Waals surface area contributed by atoms with E-state index >= 15 is 0 Å². The second-order valence-electron chi connectivity index (χ2n) is 3.04. The van der Waals surface area contributed by atoms with Crippen LogP contribution in [-0.2, 0) is 9.53 Å². The molecule has 0 fully saturated rings. The van der Waals surface area contributed by atoms with Crippen LogP contribution in [0.15, 0.2) is 37.2 Å². The van der Waals surface area contributed by atoms with Gasteiger partial charge in [-0.2, -0.15) is 0 Å². The van der Waals surface area contributed by atoms with Crippen LogP contribution in [0.2, 0.25) is 0 Å². The van der Waals surface area contributed by atoms with Gasteiger partial charge in [-0.1, -0.05) is 23.4 Å². The molecule has 0 aromatic carbocycles. The zero-order chi connectivity index (χ0) is 11.8. The molecule has 1 heterocycles. The number of ether oxygens (including phenoxy) is 1. The van der Waals surface area contributed by atoms with Crippen molar-refractivity contribution < 1.29 is 9.53 Å². The number of carbonyl (C=O) groups excluding carboxylic acids is 1. The third-order valence-electron chi connectivity index (χ3n) is 1.95. The average molecular weight is 255 g/mol. The molecule has 5 heteroatoms. The summed E-state index contributed by atoms with van der Waals surface area (Å²) in [5, 5.41) is 0. The van der Waals surface area contributed by atoms with Crippen molar-refractivity contribution in [2.75, 3.05) is 5.75 Å². The highest BCUT2D eigenvalue weighted by atomic mass is 33.1. The summed E-state index contributed by atoms with van der Waals surface area (Å²) in [6, 6.07) is 3.70. The molecule has 0 aliphatic rings. The van der Waals surface area contributed by atoms with Crippen molar-refractivity contribution >= 4 is 28.4 Å². The van der Waals surface area contributed by atoms with E-state index in [2.05, 4.69) is 23.2 Å². The Hall–Kier alpha value is -0.940. The second kappa shape index (κ2) is 7.35. The predicted molar refractivity (Wildman–Crippen MR) is 69.3 cm³/mol. The molecule has 0 aliphatic heterocycles. The quantitative estimate of drug-likeness (QED) is 0.367. The molecule has 1 aromatic rings. The molecule has 0 amide bonds. The molecular weight excluding hydrogens is 242 g/mol. The summed E-state index contributed by atoms with van der Waals surface area (Å²) in [4.78, 5) is 15.2. The first-order chi connectivity index (χ1) is 7.77. The zero-order valence-corrected chi connectivity index (χ0v) is 10.4. The van der Waals surface area contributed by atoms with Gasteiger partial charge >= 0.3 is 5.97 Å². The first-order valence-corrected chi connectivity index (χ1v) is 6.81. The van der Waals surface area contributed by atoms with Crippen LogP contribution >= 0.6 is 22.5 Å². The SMILES string of the molecule is C=CC(=O)OC(CCSS)c1cccnc1. The van der Waals surface area contributed by atoms with E-state index in [-0.39, 0.29) is 6.10 Å². The normalized spacial score (nSPS) is 11.8. The van der Waals surface area contributed by atoms with E-state index in [0.717, 1.165) is 17.4 Å². The van der Waals surface area contributed by atoms with Crippen LogP contribution in [0.1, 0.15) is 18.1 Å². The third-order valence-corrected chi connectivity index (χ3v) is 2.92. The van der Waals surface area contributed by atoms with Crippen LogP contribution in [0.4, 0.5) is 0 Å². The summed E-state index contributed by atoms with van der Waals surface area (Å²) < 4.78 is 5.24. The number of hydrogen-bond acceptors (Lipinski definition) is 5. The minimum Gasteiger partial charge on any atom is -0.454 e. The number of pyridine rings is 1. The van der Waals surface area contributed by atoms with Crippen molar-refractivity contribution in [3.8, 4) is 0 Å². The number of aromatic nitrogens is 1. The molecule has 0 saturated carbocycles. The standard InChI is InChI=1S/C11H13NO2S2/c1-2-11(13)14-10(5-7-16-15)9-4-3-6-12-8-9/h2-4,6,8,10,15H,1,5,7H2. The molecule has 16 heavy (non-hydrogen) atoms. The predicted octanol–water partition coefficient (Wildman–Crippen LogP) is 2.82. The number of esters is 1. The fourth-order valence-corrected chi connectivity index (χ4v) is 1.84. The van der Waals surface area contributed by atoms with Crippen molar-refractivity contribution in [1.82, 2.24) is 4.98 Å². The van der Waals surface area contributed by atoms with Crippen molar-refractivity contribution in [1.29, 1.82) is 0 Å². The molecule has 86 valence electrons. The Morgan fingerprint density at radius 3 is 3.12 bits per heavy atom. The number of hydrogen-bond donors (Lipinski definition) is 1. The van der Waals surface area contributed by atoms with Crippen LogP contribution in [0, 0.1) is 0 Å². The van der Waals surface area contributed by atoms with Crippen molar-refractivity contribution in [2.24, 2.45) is 0 Å². The van der Waals surface area contributed by atoms with Crippen LogP contribution in [0.3, 0.4) is 0 Å². The lowest BCUT2D eigenvalue weighted by molar-refractivity contribution is -0.143. The molecule has 0 spiro atoms. The number of rotatable bonds is 6. The smallest absolute Gasteiger partial charge is 0.330 e. The summed E-state index contributed by atoms with van der Waals surface area (Å²) in [6.07, 6.45) is 4.98. The monoisotopic (exact) mass is 255 g/mol. The molecule has 0 radical (unpaired) electrons. The van der Waals surface area contributed by atoms with Gasteiger partial charge in [0.05, 0.1) is 0 Å². The van der Waals surface area contributed by atoms with E-state index in [4.69, 9.17) is 4.74 Å². The minimum absolute atomic E-state index is 0.279. The van der Waals surface area contributed by atoms with Gasteiger partial charge in [0.15, 0.2) is 0 Å². The maximum atomic E-state index is 11.2. The van der Waals surface area contributed by atoms with Gasteiger partial charge in [0.25, 0.3) is 0 Å². The van der Waals surface area contributed by atoms with Crippen molar-refractivity contribution in [3.05, 3.63) is 42.7 Å². The highest BCUT2D eigenvalue weighted by molar-refractivity contribution is 8.68. The molecule has 0 aliphatic carbocycles. The molecule has 1 unspecified atom stereocenters. The summed E-state index contributed by atoms with van der Waals surface area (Å²) in [7, 11) is 1.42. The lowest BCUT2D eigenvalue weighted by atomic mass is 10.1. The number of thiol groups is 1. The average Bonchev–Trinajstić information content (AvgIpc) is 2.35. The Morgan fingerprint density at radius 1 is 1.75 bits per heavy atom. The summed E-state index contributed by atoms with van der Waals surface area (Å²) in [6.45, 7) is 3.38. The maximum absolute atomic E-state index is 11.2. The summed E-state index contributed by atoms with van der Waals surface area (Å²) in [5.41, 5.74) is 0.889. The molecule has 1 rings (SSSR count). The van der Waals surface area contributed by atoms with Crippen LogP contribution in [-0.4, -0.2) is 16.7 Å². The Labute approximate surface area is 104 Å². The highest BCUT2D eigenvalue weighted by Gasteiger charge is 2.14. The van der Waals surface area contributed by atoms with Gasteiger partial charge in [-0.15, -0.1) is 11.7 Å². The second-order valence-corrected chi connectivity index (χ2v) is 4.48. The van der Waals surface area contributed by atoms with Gasteiger partial charge in [-0.25, -0.2) is 4.79 Å². The van der Waals surface area contributed by atoms with Crippen LogP contribution in [0.25, 0.3) is 0 Å². The fraction of sp³-hybridized carbons (Fsp3) is 0.273. The first-order valence-electron chi connectivity index (χ1n) is 4.77. The summed E-state index contributed by atoms with van der Waals surface area (Å²) in [5.74, 6) is 0.380. The Balaban J connectivity index is 2.70. The van der Waals surface area contributed by atoms with E-state index in [1.54, 1.807) is 12.4 Å². The zero-order valence-electron chi connectivity index (χ0n) is 8.70. The van der Waals surface area contributed by atoms with Gasteiger partial charge in [-0.05, 0) is 12.5 Å². The minimum atomic E-state index is -0.419. The lowest BCUT2D eigenvalue weighted by Crippen LogP contribution is -2.10. The third kappa shape index (κ3) is 4.28. The van der Waals surface area contributed by atoms with Crippen molar-refractivity contribution in [3.63, 3.8) is 0 Å². The highest BCUT2D eigenvalue weighted by Crippen LogP contribution is 2.23.